The number of aliphatic carboxylic acids is 1. The lowest BCUT2D eigenvalue weighted by atomic mass is 9.81. The monoisotopic (exact) mass is 391 g/mol. The van der Waals surface area contributed by atoms with Crippen LogP contribution in [-0.4, -0.2) is 40.5 Å². The molecule has 0 bridgehead atoms. The van der Waals surface area contributed by atoms with Gasteiger partial charge >= 0.3 is 5.97 Å². The Kier molecular flexibility index (Phi) is 7.30. The first-order valence-corrected chi connectivity index (χ1v) is 9.08. The number of hydrogen-bond acceptors (Lipinski definition) is 5. The van der Waals surface area contributed by atoms with E-state index in [0.717, 1.165) is 12.8 Å². The maximum Gasteiger partial charge on any atom is 0.326 e. The van der Waals surface area contributed by atoms with E-state index >= 15 is 0 Å². The Morgan fingerprint density at radius 1 is 1.21 bits per heavy atom. The van der Waals surface area contributed by atoms with Crippen LogP contribution in [0, 0.1) is 22.0 Å². The zero-order valence-electron chi connectivity index (χ0n) is 15.4. The second-order valence-electron chi connectivity index (χ2n) is 7.01. The number of carboxylic acids is 1. The first-order chi connectivity index (χ1) is 13.3. The Bertz CT molecular complexity index is 737. The normalized spacial score (nSPS) is 20.0. The number of rotatable bonds is 8. The summed E-state index contributed by atoms with van der Waals surface area (Å²) in [5.74, 6) is -1.30. The second-order valence-corrected chi connectivity index (χ2v) is 7.01. The molecule has 0 heterocycles. The van der Waals surface area contributed by atoms with Gasteiger partial charge in [-0.2, -0.15) is 0 Å². The van der Waals surface area contributed by atoms with Crippen molar-refractivity contribution in [3.8, 4) is 0 Å². The minimum absolute atomic E-state index is 0.0513. The summed E-state index contributed by atoms with van der Waals surface area (Å²) >= 11 is 0. The topological polar surface area (TPSA) is 174 Å². The van der Waals surface area contributed by atoms with E-state index in [1.165, 1.54) is 24.3 Å². The number of nitro groups is 1. The Morgan fingerprint density at radius 3 is 2.32 bits per heavy atom. The van der Waals surface area contributed by atoms with Crippen molar-refractivity contribution in [1.29, 1.82) is 0 Å². The number of amides is 1. The SMILES string of the molecule is NC(N)=NCC1CCC(C(=O)N[C@@H](Cc2ccc([N+](=O)[O-])cc2)C(=O)O)CC1. The highest BCUT2D eigenvalue weighted by Crippen LogP contribution is 2.29. The zero-order chi connectivity index (χ0) is 20.7. The first kappa shape index (κ1) is 21.1. The largest absolute Gasteiger partial charge is 0.480 e. The molecule has 6 N–H and O–H groups in total. The summed E-state index contributed by atoms with van der Waals surface area (Å²) in [5, 5.41) is 22.7. The summed E-state index contributed by atoms with van der Waals surface area (Å²) in [7, 11) is 0. The second kappa shape index (κ2) is 9.67. The van der Waals surface area contributed by atoms with Crippen LogP contribution in [0.2, 0.25) is 0 Å². The molecular weight excluding hydrogens is 366 g/mol. The van der Waals surface area contributed by atoms with E-state index in [1.54, 1.807) is 0 Å². The van der Waals surface area contributed by atoms with Crippen molar-refractivity contribution < 1.29 is 19.6 Å². The average molecular weight is 391 g/mol. The van der Waals surface area contributed by atoms with Gasteiger partial charge in [0.05, 0.1) is 4.92 Å². The number of guanidine groups is 1. The molecule has 2 rings (SSSR count). The molecule has 1 aromatic rings. The summed E-state index contributed by atoms with van der Waals surface area (Å²) in [6, 6.07) is 4.53. The highest BCUT2D eigenvalue weighted by molar-refractivity contribution is 5.85. The van der Waals surface area contributed by atoms with E-state index in [1.807, 2.05) is 0 Å². The van der Waals surface area contributed by atoms with Crippen molar-refractivity contribution in [3.63, 3.8) is 0 Å². The molecule has 1 saturated carbocycles. The average Bonchev–Trinajstić information content (AvgIpc) is 2.66. The van der Waals surface area contributed by atoms with Crippen LogP contribution in [0.15, 0.2) is 29.3 Å². The fourth-order valence-corrected chi connectivity index (χ4v) is 3.32. The molecule has 152 valence electrons. The number of hydrogen-bond donors (Lipinski definition) is 4. The van der Waals surface area contributed by atoms with Gasteiger partial charge in [0.25, 0.3) is 5.69 Å². The molecule has 1 atom stereocenters. The van der Waals surface area contributed by atoms with Crippen LogP contribution < -0.4 is 16.8 Å². The van der Waals surface area contributed by atoms with Crippen LogP contribution in [0.5, 0.6) is 0 Å². The van der Waals surface area contributed by atoms with E-state index in [-0.39, 0.29) is 29.9 Å². The maximum absolute atomic E-state index is 12.5. The molecule has 1 aliphatic rings. The van der Waals surface area contributed by atoms with Gasteiger partial charge in [0.15, 0.2) is 5.96 Å². The lowest BCUT2D eigenvalue weighted by molar-refractivity contribution is -0.384. The van der Waals surface area contributed by atoms with Crippen molar-refractivity contribution >= 4 is 23.5 Å². The molecule has 10 heteroatoms. The molecule has 0 radical (unpaired) electrons. The standard InChI is InChI=1S/C18H25N5O5/c19-18(20)21-10-12-1-5-13(6-2-12)16(24)22-15(17(25)26)9-11-3-7-14(8-4-11)23(27)28/h3-4,7-8,12-13,15H,1-2,5-6,9-10H2,(H,22,24)(H,25,26)(H4,19,20,21)/t12?,13?,15-/m0/s1. The van der Waals surface area contributed by atoms with E-state index in [0.29, 0.717) is 30.9 Å². The Balaban J connectivity index is 1.90. The number of nitro benzene ring substituents is 1. The van der Waals surface area contributed by atoms with Gasteiger partial charge in [-0.3, -0.25) is 19.9 Å². The van der Waals surface area contributed by atoms with Gasteiger partial charge in [-0.1, -0.05) is 12.1 Å². The van der Waals surface area contributed by atoms with Crippen molar-refractivity contribution in [2.45, 2.75) is 38.1 Å². The van der Waals surface area contributed by atoms with E-state index in [9.17, 15) is 24.8 Å². The van der Waals surface area contributed by atoms with Gasteiger partial charge in [-0.05, 0) is 37.2 Å². The smallest absolute Gasteiger partial charge is 0.326 e. The van der Waals surface area contributed by atoms with Gasteiger partial charge < -0.3 is 21.9 Å². The van der Waals surface area contributed by atoms with Crippen LogP contribution in [0.25, 0.3) is 0 Å². The minimum atomic E-state index is -1.15. The summed E-state index contributed by atoms with van der Waals surface area (Å²) in [6.45, 7) is 0.536. The summed E-state index contributed by atoms with van der Waals surface area (Å²) in [5.41, 5.74) is 11.2. The van der Waals surface area contributed by atoms with Gasteiger partial charge in [-0.25, -0.2) is 4.79 Å². The van der Waals surface area contributed by atoms with Gasteiger partial charge in [0.2, 0.25) is 5.91 Å². The molecule has 10 nitrogen and oxygen atoms in total. The van der Waals surface area contributed by atoms with Crippen molar-refractivity contribution in [3.05, 3.63) is 39.9 Å². The molecule has 0 unspecified atom stereocenters. The molecule has 1 amide bonds. The summed E-state index contributed by atoms with van der Waals surface area (Å²) in [4.78, 5) is 38.2. The van der Waals surface area contributed by atoms with Crippen molar-refractivity contribution in [2.75, 3.05) is 6.54 Å². The fourth-order valence-electron chi connectivity index (χ4n) is 3.32. The van der Waals surface area contributed by atoms with Crippen LogP contribution in [0.3, 0.4) is 0 Å². The Morgan fingerprint density at radius 2 is 1.82 bits per heavy atom. The summed E-state index contributed by atoms with van der Waals surface area (Å²) < 4.78 is 0. The molecule has 0 aromatic heterocycles. The van der Waals surface area contributed by atoms with E-state index < -0.39 is 16.9 Å². The Hall–Kier alpha value is -3.17. The number of carbonyl (C=O) groups is 2. The molecule has 1 aliphatic carbocycles. The zero-order valence-corrected chi connectivity index (χ0v) is 15.4. The van der Waals surface area contributed by atoms with Crippen LogP contribution in [0.4, 0.5) is 5.69 Å². The summed E-state index contributed by atoms with van der Waals surface area (Å²) in [6.07, 6.45) is 2.96. The molecule has 28 heavy (non-hydrogen) atoms. The molecule has 0 aliphatic heterocycles. The quantitative estimate of drug-likeness (QED) is 0.219. The number of non-ortho nitro benzene ring substituents is 1. The highest BCUT2D eigenvalue weighted by atomic mass is 16.6. The molecule has 0 spiro atoms. The van der Waals surface area contributed by atoms with E-state index in [4.69, 9.17) is 11.5 Å². The van der Waals surface area contributed by atoms with Gasteiger partial charge in [0.1, 0.15) is 6.04 Å². The van der Waals surface area contributed by atoms with Gasteiger partial charge in [0, 0.05) is 31.0 Å². The maximum atomic E-state index is 12.5. The number of carboxylic acid groups (broad SMARTS) is 1. The van der Waals surface area contributed by atoms with Crippen LogP contribution in [-0.2, 0) is 16.0 Å². The number of nitrogens with two attached hydrogens (primary N) is 2. The van der Waals surface area contributed by atoms with Gasteiger partial charge in [-0.15, -0.1) is 0 Å². The molecule has 0 saturated heterocycles. The Labute approximate surface area is 162 Å². The predicted octanol–water partition coefficient (Wildman–Crippen LogP) is 0.787. The first-order valence-electron chi connectivity index (χ1n) is 9.08. The number of aliphatic imine (C=N–C) groups is 1. The molecule has 1 aromatic carbocycles. The number of benzene rings is 1. The third kappa shape index (κ3) is 6.22. The third-order valence-electron chi connectivity index (χ3n) is 4.95. The van der Waals surface area contributed by atoms with Crippen LogP contribution in [0.1, 0.15) is 31.2 Å². The predicted molar refractivity (Wildman–Crippen MR) is 102 cm³/mol. The molecular formula is C18H25N5O5. The molecule has 1 fully saturated rings. The highest BCUT2D eigenvalue weighted by Gasteiger charge is 2.29. The fraction of sp³-hybridized carbons (Fsp3) is 0.500. The van der Waals surface area contributed by atoms with E-state index in [2.05, 4.69) is 10.3 Å². The third-order valence-corrected chi connectivity index (χ3v) is 4.95. The minimum Gasteiger partial charge on any atom is -0.480 e. The number of carbonyl (C=O) groups excluding carboxylic acids is 1. The van der Waals surface area contributed by atoms with Crippen molar-refractivity contribution in [1.82, 2.24) is 5.32 Å². The van der Waals surface area contributed by atoms with Crippen molar-refractivity contribution in [2.24, 2.45) is 28.3 Å². The lowest BCUT2D eigenvalue weighted by Crippen LogP contribution is -2.45. The van der Waals surface area contributed by atoms with Crippen LogP contribution >= 0.6 is 0 Å². The lowest BCUT2D eigenvalue weighted by Gasteiger charge is -2.27. The number of nitrogens with zero attached hydrogens (tertiary/aromatic N) is 2. The number of nitrogens with one attached hydrogen (secondary N) is 1.